The number of hydrogen-bond donors (Lipinski definition) is 2. The highest BCUT2D eigenvalue weighted by Gasteiger charge is 2.22. The van der Waals surface area contributed by atoms with Gasteiger partial charge in [-0.2, -0.15) is 5.10 Å². The normalized spacial score (nSPS) is 23.2. The first-order valence-electron chi connectivity index (χ1n) is 6.71. The number of nitrogen functional groups attached to an aromatic ring is 1. The van der Waals surface area contributed by atoms with Crippen molar-refractivity contribution < 1.29 is 4.79 Å². The zero-order valence-corrected chi connectivity index (χ0v) is 11.1. The van der Waals surface area contributed by atoms with E-state index >= 15 is 0 Å². The summed E-state index contributed by atoms with van der Waals surface area (Å²) in [7, 11) is 0. The summed E-state index contributed by atoms with van der Waals surface area (Å²) in [5.41, 5.74) is 6.58. The van der Waals surface area contributed by atoms with Crippen molar-refractivity contribution in [1.29, 1.82) is 0 Å². The molecule has 3 N–H and O–H groups in total. The first kappa shape index (κ1) is 12.9. The van der Waals surface area contributed by atoms with E-state index in [1.165, 1.54) is 19.3 Å². The predicted octanol–water partition coefficient (Wildman–Crippen LogP) is 1.65. The molecular weight excluding hydrogens is 228 g/mol. The summed E-state index contributed by atoms with van der Waals surface area (Å²) in [6.07, 6.45) is 5.39. The molecule has 5 nitrogen and oxygen atoms in total. The molecule has 1 fully saturated rings. The molecule has 1 aliphatic carbocycles. The maximum atomic E-state index is 12.0. The van der Waals surface area contributed by atoms with Crippen LogP contribution in [0.15, 0.2) is 6.20 Å². The molecule has 0 spiro atoms. The third-order valence-corrected chi connectivity index (χ3v) is 3.68. The molecule has 2 atom stereocenters. The lowest BCUT2D eigenvalue weighted by Crippen LogP contribution is -2.29. The fourth-order valence-electron chi connectivity index (χ4n) is 2.61. The molecule has 1 saturated carbocycles. The molecule has 0 aliphatic heterocycles. The van der Waals surface area contributed by atoms with Crippen molar-refractivity contribution in [3.8, 4) is 0 Å². The number of nitrogens with two attached hydrogens (primary N) is 1. The topological polar surface area (TPSA) is 72.9 Å². The molecule has 2 unspecified atom stereocenters. The van der Waals surface area contributed by atoms with Crippen molar-refractivity contribution in [2.24, 2.45) is 11.8 Å². The smallest absolute Gasteiger partial charge is 0.273 e. The van der Waals surface area contributed by atoms with Crippen LogP contribution in [0.5, 0.6) is 0 Å². The van der Waals surface area contributed by atoms with Gasteiger partial charge in [0.1, 0.15) is 0 Å². The van der Waals surface area contributed by atoms with E-state index in [1.807, 2.05) is 6.92 Å². The van der Waals surface area contributed by atoms with E-state index in [0.29, 0.717) is 17.3 Å². The van der Waals surface area contributed by atoms with Gasteiger partial charge < -0.3 is 11.1 Å². The Morgan fingerprint density at radius 3 is 2.94 bits per heavy atom. The van der Waals surface area contributed by atoms with Crippen LogP contribution in [0.25, 0.3) is 0 Å². The van der Waals surface area contributed by atoms with Crippen LogP contribution in [-0.4, -0.2) is 22.2 Å². The minimum atomic E-state index is -0.153. The zero-order chi connectivity index (χ0) is 13.1. The number of hydrogen-bond acceptors (Lipinski definition) is 3. The van der Waals surface area contributed by atoms with Gasteiger partial charge >= 0.3 is 0 Å². The molecule has 1 amide bonds. The Morgan fingerprint density at radius 2 is 2.39 bits per heavy atom. The van der Waals surface area contributed by atoms with Crippen molar-refractivity contribution in [3.63, 3.8) is 0 Å². The van der Waals surface area contributed by atoms with E-state index in [1.54, 1.807) is 10.9 Å². The summed E-state index contributed by atoms with van der Waals surface area (Å²) in [5, 5.41) is 7.11. The van der Waals surface area contributed by atoms with Crippen molar-refractivity contribution in [3.05, 3.63) is 11.9 Å². The standard InChI is InChI=1S/C13H22N4O/c1-3-17-8-11(14)12(16-17)13(18)15-7-10-5-4-9(2)6-10/h8-10H,3-7,14H2,1-2H3,(H,15,18). The molecule has 0 bridgehead atoms. The van der Waals surface area contributed by atoms with E-state index in [0.717, 1.165) is 19.0 Å². The molecule has 0 aromatic carbocycles. The average molecular weight is 250 g/mol. The number of nitrogens with one attached hydrogen (secondary N) is 1. The third-order valence-electron chi connectivity index (χ3n) is 3.68. The lowest BCUT2D eigenvalue weighted by Gasteiger charge is -2.10. The second-order valence-electron chi connectivity index (χ2n) is 5.28. The van der Waals surface area contributed by atoms with Gasteiger partial charge in [-0.15, -0.1) is 0 Å². The molecule has 1 aliphatic rings. The zero-order valence-electron chi connectivity index (χ0n) is 11.1. The summed E-state index contributed by atoms with van der Waals surface area (Å²) in [5.74, 6) is 1.24. The van der Waals surface area contributed by atoms with E-state index in [4.69, 9.17) is 5.73 Å². The van der Waals surface area contributed by atoms with E-state index in [-0.39, 0.29) is 5.91 Å². The molecule has 0 saturated heterocycles. The summed E-state index contributed by atoms with van der Waals surface area (Å²) in [4.78, 5) is 12.0. The third kappa shape index (κ3) is 2.83. The largest absolute Gasteiger partial charge is 0.396 e. The van der Waals surface area contributed by atoms with Gasteiger partial charge in [0.25, 0.3) is 5.91 Å². The molecule has 1 aromatic rings. The summed E-state index contributed by atoms with van der Waals surface area (Å²) < 4.78 is 1.68. The van der Waals surface area contributed by atoms with Gasteiger partial charge in [0, 0.05) is 19.3 Å². The lowest BCUT2D eigenvalue weighted by atomic mass is 10.1. The van der Waals surface area contributed by atoms with Crippen LogP contribution in [0.1, 0.15) is 43.6 Å². The van der Waals surface area contributed by atoms with E-state index < -0.39 is 0 Å². The minimum absolute atomic E-state index is 0.153. The number of carbonyl (C=O) groups excluding carboxylic acids is 1. The Hall–Kier alpha value is -1.52. The van der Waals surface area contributed by atoms with Crippen molar-refractivity contribution >= 4 is 11.6 Å². The van der Waals surface area contributed by atoms with Crippen LogP contribution in [0.2, 0.25) is 0 Å². The Bertz CT molecular complexity index is 427. The van der Waals surface area contributed by atoms with Gasteiger partial charge in [0.15, 0.2) is 5.69 Å². The van der Waals surface area contributed by atoms with Gasteiger partial charge in [-0.3, -0.25) is 9.48 Å². The maximum absolute atomic E-state index is 12.0. The van der Waals surface area contributed by atoms with E-state index in [2.05, 4.69) is 17.3 Å². The van der Waals surface area contributed by atoms with Gasteiger partial charge in [-0.1, -0.05) is 13.3 Å². The summed E-state index contributed by atoms with van der Waals surface area (Å²) in [6, 6.07) is 0. The summed E-state index contributed by atoms with van der Waals surface area (Å²) in [6.45, 7) is 5.69. The predicted molar refractivity (Wildman–Crippen MR) is 71.2 cm³/mol. The van der Waals surface area contributed by atoms with Crippen LogP contribution < -0.4 is 11.1 Å². The fraction of sp³-hybridized carbons (Fsp3) is 0.692. The van der Waals surface area contributed by atoms with Crippen LogP contribution >= 0.6 is 0 Å². The van der Waals surface area contributed by atoms with Crippen LogP contribution in [0.3, 0.4) is 0 Å². The Balaban J connectivity index is 1.89. The van der Waals surface area contributed by atoms with Crippen molar-refractivity contribution in [1.82, 2.24) is 15.1 Å². The van der Waals surface area contributed by atoms with Gasteiger partial charge in [0.2, 0.25) is 0 Å². The number of aryl methyl sites for hydroxylation is 1. The molecule has 2 rings (SSSR count). The highest BCUT2D eigenvalue weighted by atomic mass is 16.2. The molecule has 18 heavy (non-hydrogen) atoms. The lowest BCUT2D eigenvalue weighted by molar-refractivity contribution is 0.0942. The van der Waals surface area contributed by atoms with Crippen LogP contribution in [0.4, 0.5) is 5.69 Å². The monoisotopic (exact) mass is 250 g/mol. The Morgan fingerprint density at radius 1 is 1.61 bits per heavy atom. The number of carbonyl (C=O) groups is 1. The number of anilines is 1. The van der Waals surface area contributed by atoms with E-state index in [9.17, 15) is 4.79 Å². The number of amides is 1. The molecule has 1 heterocycles. The number of aromatic nitrogens is 2. The Kier molecular flexibility index (Phi) is 3.89. The Labute approximate surface area is 108 Å². The van der Waals surface area contributed by atoms with Crippen molar-refractivity contribution in [2.75, 3.05) is 12.3 Å². The van der Waals surface area contributed by atoms with Gasteiger partial charge in [0.05, 0.1) is 5.69 Å². The molecular formula is C13H22N4O. The summed E-state index contributed by atoms with van der Waals surface area (Å²) >= 11 is 0. The second kappa shape index (κ2) is 5.42. The SMILES string of the molecule is CCn1cc(N)c(C(=O)NCC2CCC(C)C2)n1. The molecule has 100 valence electrons. The molecule has 0 radical (unpaired) electrons. The molecule has 5 heteroatoms. The first-order chi connectivity index (χ1) is 8.60. The quantitative estimate of drug-likeness (QED) is 0.853. The molecule has 1 aromatic heterocycles. The van der Waals surface area contributed by atoms with Crippen LogP contribution in [0, 0.1) is 11.8 Å². The highest BCUT2D eigenvalue weighted by molar-refractivity contribution is 5.96. The number of rotatable bonds is 4. The van der Waals surface area contributed by atoms with Gasteiger partial charge in [-0.25, -0.2) is 0 Å². The maximum Gasteiger partial charge on any atom is 0.273 e. The van der Waals surface area contributed by atoms with Crippen molar-refractivity contribution in [2.45, 2.75) is 39.7 Å². The fourth-order valence-corrected chi connectivity index (χ4v) is 2.61. The second-order valence-corrected chi connectivity index (χ2v) is 5.28. The highest BCUT2D eigenvalue weighted by Crippen LogP contribution is 2.29. The van der Waals surface area contributed by atoms with Crippen LogP contribution in [-0.2, 0) is 6.54 Å². The number of nitrogens with zero attached hydrogens (tertiary/aromatic N) is 2. The first-order valence-corrected chi connectivity index (χ1v) is 6.71. The average Bonchev–Trinajstić information content (AvgIpc) is 2.92. The minimum Gasteiger partial charge on any atom is -0.396 e. The van der Waals surface area contributed by atoms with Gasteiger partial charge in [-0.05, 0) is 31.6 Å².